The molecule has 0 spiro atoms. The lowest BCUT2D eigenvalue weighted by molar-refractivity contribution is -0.137. The van der Waals surface area contributed by atoms with Gasteiger partial charge in [-0.15, -0.1) is 0 Å². The van der Waals surface area contributed by atoms with Crippen molar-refractivity contribution in [2.45, 2.75) is 37.5 Å². The molecule has 3 aromatic carbocycles. The molecule has 0 atom stereocenters. The third kappa shape index (κ3) is 5.26. The largest absolute Gasteiger partial charge is 0.497 e. The van der Waals surface area contributed by atoms with Crippen LogP contribution in [0, 0.1) is 0 Å². The molecule has 0 aromatic heterocycles. The number of benzene rings is 3. The van der Waals surface area contributed by atoms with Crippen LogP contribution in [0.4, 0.5) is 0 Å². The lowest BCUT2D eigenvalue weighted by Gasteiger charge is -2.36. The molecule has 0 aliphatic carbocycles. The summed E-state index contributed by atoms with van der Waals surface area (Å²) in [5.74, 6) is 0.906. The Hall–Kier alpha value is -3.27. The molecular formula is C27H30O4. The van der Waals surface area contributed by atoms with Crippen LogP contribution in [-0.2, 0) is 10.2 Å². The summed E-state index contributed by atoms with van der Waals surface area (Å²) in [5.41, 5.74) is 3.22. The molecule has 0 saturated carbocycles. The van der Waals surface area contributed by atoms with Crippen LogP contribution in [0.2, 0.25) is 0 Å². The second-order valence-electron chi connectivity index (χ2n) is 7.68. The first-order chi connectivity index (χ1) is 15.1. The molecule has 0 unspecified atom stereocenters. The summed E-state index contributed by atoms with van der Waals surface area (Å²) in [6, 6.07) is 27.1. The van der Waals surface area contributed by atoms with Gasteiger partial charge in [-0.05, 0) is 53.8 Å². The van der Waals surface area contributed by atoms with E-state index in [1.807, 2.05) is 30.3 Å². The third-order valence-electron chi connectivity index (χ3n) is 5.87. The van der Waals surface area contributed by atoms with Crippen molar-refractivity contribution in [3.63, 3.8) is 0 Å². The van der Waals surface area contributed by atoms with Crippen LogP contribution < -0.4 is 9.47 Å². The number of unbranched alkanes of at least 4 members (excludes halogenated alkanes) is 2. The number of hydrogen-bond donors (Lipinski definition) is 1. The van der Waals surface area contributed by atoms with E-state index in [1.54, 1.807) is 14.2 Å². The highest BCUT2D eigenvalue weighted by Gasteiger charge is 2.35. The van der Waals surface area contributed by atoms with Crippen LogP contribution in [0.15, 0.2) is 78.9 Å². The first kappa shape index (κ1) is 22.4. The SMILES string of the molecule is COc1ccc(C(CCCCCC(=O)O)(c2ccccc2)c2ccc(OC)cc2)cc1. The van der Waals surface area contributed by atoms with Crippen LogP contribution in [0.5, 0.6) is 11.5 Å². The Morgan fingerprint density at radius 1 is 0.710 bits per heavy atom. The standard InChI is InChI=1S/C27H30O4/c1-30-24-16-12-22(13-17-24)27(21-9-5-3-6-10-21,20-8-4-7-11-26(28)29)23-14-18-25(31-2)19-15-23/h3,5-6,9-10,12-19H,4,7-8,11,20H2,1-2H3,(H,28,29). The third-order valence-corrected chi connectivity index (χ3v) is 5.87. The number of rotatable bonds is 11. The minimum absolute atomic E-state index is 0.212. The maximum atomic E-state index is 10.9. The number of hydrogen-bond acceptors (Lipinski definition) is 3. The second-order valence-corrected chi connectivity index (χ2v) is 7.68. The summed E-state index contributed by atoms with van der Waals surface area (Å²) >= 11 is 0. The first-order valence-electron chi connectivity index (χ1n) is 10.7. The lowest BCUT2D eigenvalue weighted by atomic mass is 9.66. The van der Waals surface area contributed by atoms with Crippen molar-refractivity contribution in [1.82, 2.24) is 0 Å². The molecule has 1 N–H and O–H groups in total. The van der Waals surface area contributed by atoms with Gasteiger partial charge in [-0.3, -0.25) is 4.79 Å². The highest BCUT2D eigenvalue weighted by molar-refractivity contribution is 5.66. The van der Waals surface area contributed by atoms with Crippen LogP contribution in [-0.4, -0.2) is 25.3 Å². The maximum absolute atomic E-state index is 10.9. The van der Waals surface area contributed by atoms with Crippen LogP contribution in [0.25, 0.3) is 0 Å². The number of carbonyl (C=O) groups is 1. The van der Waals surface area contributed by atoms with Crippen molar-refractivity contribution in [3.8, 4) is 11.5 Å². The molecule has 0 heterocycles. The Morgan fingerprint density at radius 3 is 1.65 bits per heavy atom. The Bertz CT molecular complexity index is 899. The summed E-state index contributed by atoms with van der Waals surface area (Å²) < 4.78 is 10.8. The van der Waals surface area contributed by atoms with Crippen LogP contribution in [0.3, 0.4) is 0 Å². The van der Waals surface area contributed by atoms with Gasteiger partial charge in [-0.1, -0.05) is 67.4 Å². The fourth-order valence-electron chi connectivity index (χ4n) is 4.25. The van der Waals surface area contributed by atoms with Crippen molar-refractivity contribution in [2.75, 3.05) is 14.2 Å². The van der Waals surface area contributed by atoms with E-state index >= 15 is 0 Å². The molecule has 0 bridgehead atoms. The van der Waals surface area contributed by atoms with E-state index in [4.69, 9.17) is 14.6 Å². The molecule has 0 amide bonds. The molecule has 0 aliphatic heterocycles. The molecule has 4 heteroatoms. The van der Waals surface area contributed by atoms with Crippen LogP contribution >= 0.6 is 0 Å². The molecule has 0 saturated heterocycles. The van der Waals surface area contributed by atoms with Crippen LogP contribution in [0.1, 0.15) is 48.8 Å². The van der Waals surface area contributed by atoms with Gasteiger partial charge in [0.15, 0.2) is 0 Å². The number of carboxylic acid groups (broad SMARTS) is 1. The molecule has 162 valence electrons. The lowest BCUT2D eigenvalue weighted by Crippen LogP contribution is -2.29. The fourth-order valence-corrected chi connectivity index (χ4v) is 4.25. The zero-order valence-corrected chi connectivity index (χ0v) is 18.2. The Labute approximate surface area is 184 Å². The molecule has 4 nitrogen and oxygen atoms in total. The van der Waals surface area contributed by atoms with Crippen molar-refractivity contribution >= 4 is 5.97 Å². The van der Waals surface area contributed by atoms with Gasteiger partial charge in [0.2, 0.25) is 0 Å². The van der Waals surface area contributed by atoms with Gasteiger partial charge in [0, 0.05) is 11.8 Å². The van der Waals surface area contributed by atoms with E-state index in [9.17, 15) is 4.79 Å². The summed E-state index contributed by atoms with van der Waals surface area (Å²) in [4.78, 5) is 10.9. The molecule has 0 fully saturated rings. The minimum atomic E-state index is -0.736. The predicted octanol–water partition coefficient (Wildman–Crippen LogP) is 6.07. The van der Waals surface area contributed by atoms with Gasteiger partial charge in [-0.2, -0.15) is 0 Å². The van der Waals surface area contributed by atoms with Crippen molar-refractivity contribution in [1.29, 1.82) is 0 Å². The topological polar surface area (TPSA) is 55.8 Å². The molecule has 31 heavy (non-hydrogen) atoms. The highest BCUT2D eigenvalue weighted by atomic mass is 16.5. The predicted molar refractivity (Wildman–Crippen MR) is 123 cm³/mol. The van der Waals surface area contributed by atoms with Crippen molar-refractivity contribution in [3.05, 3.63) is 95.6 Å². The molecule has 0 radical (unpaired) electrons. The van der Waals surface area contributed by atoms with E-state index in [0.29, 0.717) is 6.42 Å². The summed E-state index contributed by atoms with van der Waals surface area (Å²) in [6.07, 6.45) is 3.55. The Kier molecular flexibility index (Phi) is 7.71. The average Bonchev–Trinajstić information content (AvgIpc) is 2.82. The molecular weight excluding hydrogens is 388 g/mol. The second kappa shape index (κ2) is 10.7. The van der Waals surface area contributed by atoms with Gasteiger partial charge in [0.25, 0.3) is 0 Å². The highest BCUT2D eigenvalue weighted by Crippen LogP contribution is 2.44. The van der Waals surface area contributed by atoms with E-state index in [2.05, 4.69) is 48.5 Å². The average molecular weight is 419 g/mol. The van der Waals surface area contributed by atoms with Gasteiger partial charge in [-0.25, -0.2) is 0 Å². The van der Waals surface area contributed by atoms with Gasteiger partial charge in [0.1, 0.15) is 11.5 Å². The number of carboxylic acids is 1. The van der Waals surface area contributed by atoms with Crippen molar-refractivity contribution < 1.29 is 19.4 Å². The van der Waals surface area contributed by atoms with E-state index < -0.39 is 5.97 Å². The van der Waals surface area contributed by atoms with E-state index in [0.717, 1.165) is 30.8 Å². The summed E-state index contributed by atoms with van der Waals surface area (Å²) in [7, 11) is 3.34. The summed E-state index contributed by atoms with van der Waals surface area (Å²) in [5, 5.41) is 8.98. The first-order valence-corrected chi connectivity index (χ1v) is 10.7. The molecule has 3 aromatic rings. The summed E-state index contributed by atoms with van der Waals surface area (Å²) in [6.45, 7) is 0. The quantitative estimate of drug-likeness (QED) is 0.303. The zero-order valence-electron chi connectivity index (χ0n) is 18.2. The minimum Gasteiger partial charge on any atom is -0.497 e. The van der Waals surface area contributed by atoms with Gasteiger partial charge in [0.05, 0.1) is 14.2 Å². The number of methoxy groups -OCH3 is 2. The zero-order chi connectivity index (χ0) is 22.1. The Morgan fingerprint density at radius 2 is 1.19 bits per heavy atom. The molecule has 3 rings (SSSR count). The number of ether oxygens (including phenoxy) is 2. The number of aliphatic carboxylic acids is 1. The monoisotopic (exact) mass is 418 g/mol. The smallest absolute Gasteiger partial charge is 0.303 e. The van der Waals surface area contributed by atoms with Crippen molar-refractivity contribution in [2.24, 2.45) is 0 Å². The Balaban J connectivity index is 2.08. The van der Waals surface area contributed by atoms with Gasteiger partial charge < -0.3 is 14.6 Å². The van der Waals surface area contributed by atoms with E-state index in [-0.39, 0.29) is 11.8 Å². The normalized spacial score (nSPS) is 11.2. The fraction of sp³-hybridized carbons (Fsp3) is 0.296. The van der Waals surface area contributed by atoms with Gasteiger partial charge >= 0.3 is 5.97 Å². The van der Waals surface area contributed by atoms with E-state index in [1.165, 1.54) is 16.7 Å². The maximum Gasteiger partial charge on any atom is 0.303 e. The molecule has 0 aliphatic rings.